The second-order valence-corrected chi connectivity index (χ2v) is 6.44. The zero-order valence-corrected chi connectivity index (χ0v) is 15.7. The van der Waals surface area contributed by atoms with Crippen molar-refractivity contribution < 1.29 is 4.79 Å². The third kappa shape index (κ3) is 5.54. The van der Waals surface area contributed by atoms with Crippen LogP contribution in [0.15, 0.2) is 54.6 Å². The van der Waals surface area contributed by atoms with Crippen molar-refractivity contribution in [1.29, 1.82) is 0 Å². The minimum absolute atomic E-state index is 0.110. The van der Waals surface area contributed by atoms with E-state index in [9.17, 15) is 4.79 Å². The van der Waals surface area contributed by atoms with Gasteiger partial charge in [0.05, 0.1) is 0 Å². The summed E-state index contributed by atoms with van der Waals surface area (Å²) in [7, 11) is 0. The van der Waals surface area contributed by atoms with Crippen LogP contribution in [0.5, 0.6) is 0 Å². The Hall–Kier alpha value is -3.41. The van der Waals surface area contributed by atoms with E-state index in [0.717, 1.165) is 22.9 Å². The second kappa shape index (κ2) is 8.31. The molecule has 0 atom stereocenters. The number of aryl methyl sites for hydroxylation is 2. The van der Waals surface area contributed by atoms with Crippen molar-refractivity contribution in [2.75, 3.05) is 16.0 Å². The van der Waals surface area contributed by atoms with Gasteiger partial charge >= 0.3 is 0 Å². The average Bonchev–Trinajstić information content (AvgIpc) is 2.60. The molecule has 0 aliphatic rings. The van der Waals surface area contributed by atoms with E-state index in [0.29, 0.717) is 12.5 Å². The highest BCUT2D eigenvalue weighted by Gasteiger charge is 2.04. The number of benzene rings is 2. The Morgan fingerprint density at radius 1 is 0.963 bits per heavy atom. The van der Waals surface area contributed by atoms with Crippen LogP contribution in [-0.4, -0.2) is 15.9 Å². The van der Waals surface area contributed by atoms with Crippen LogP contribution in [0.25, 0.3) is 0 Å². The summed E-state index contributed by atoms with van der Waals surface area (Å²) in [5.74, 6) is 1.14. The van der Waals surface area contributed by atoms with Gasteiger partial charge in [-0.1, -0.05) is 35.9 Å². The van der Waals surface area contributed by atoms with Crippen LogP contribution >= 0.6 is 0 Å². The monoisotopic (exact) mass is 361 g/mol. The second-order valence-electron chi connectivity index (χ2n) is 6.44. The lowest BCUT2D eigenvalue weighted by atomic mass is 10.1. The van der Waals surface area contributed by atoms with E-state index < -0.39 is 0 Å². The smallest absolute Gasteiger partial charge is 0.229 e. The van der Waals surface area contributed by atoms with E-state index in [1.807, 2.05) is 37.3 Å². The van der Waals surface area contributed by atoms with Crippen LogP contribution in [0.2, 0.25) is 0 Å². The predicted molar refractivity (Wildman–Crippen MR) is 109 cm³/mol. The maximum atomic E-state index is 11.2. The molecule has 3 aromatic rings. The van der Waals surface area contributed by atoms with Crippen LogP contribution in [0, 0.1) is 13.8 Å². The lowest BCUT2D eigenvalue weighted by Gasteiger charge is -2.11. The summed E-state index contributed by atoms with van der Waals surface area (Å²) in [6, 6.07) is 17.7. The normalized spacial score (nSPS) is 10.3. The van der Waals surface area contributed by atoms with Crippen molar-refractivity contribution in [3.8, 4) is 0 Å². The molecule has 6 nitrogen and oxygen atoms in total. The van der Waals surface area contributed by atoms with Gasteiger partial charge in [0.15, 0.2) is 0 Å². The van der Waals surface area contributed by atoms with Crippen molar-refractivity contribution in [3.63, 3.8) is 0 Å². The van der Waals surface area contributed by atoms with Crippen LogP contribution in [-0.2, 0) is 11.3 Å². The van der Waals surface area contributed by atoms with E-state index >= 15 is 0 Å². The Labute approximate surface area is 159 Å². The summed E-state index contributed by atoms with van der Waals surface area (Å²) >= 11 is 0. The number of hydrogen-bond donors (Lipinski definition) is 3. The van der Waals surface area contributed by atoms with Gasteiger partial charge in [0, 0.05) is 36.6 Å². The molecule has 1 amide bonds. The molecule has 0 unspecified atom stereocenters. The zero-order chi connectivity index (χ0) is 19.2. The fraction of sp³-hybridized carbons (Fsp3) is 0.190. The highest BCUT2D eigenvalue weighted by Crippen LogP contribution is 2.20. The fourth-order valence-electron chi connectivity index (χ4n) is 2.62. The van der Waals surface area contributed by atoms with Gasteiger partial charge in [0.1, 0.15) is 5.82 Å². The van der Waals surface area contributed by atoms with E-state index in [1.54, 1.807) is 0 Å². The zero-order valence-electron chi connectivity index (χ0n) is 15.7. The first kappa shape index (κ1) is 18.4. The molecule has 0 aliphatic carbocycles. The number of anilines is 4. The SMILES string of the molecule is CC(=O)Nc1cccc(Nc2nc(C)cc(NCc3ccc(C)cc3)n2)c1. The Morgan fingerprint density at radius 2 is 1.70 bits per heavy atom. The maximum Gasteiger partial charge on any atom is 0.229 e. The van der Waals surface area contributed by atoms with Crippen molar-refractivity contribution in [2.24, 2.45) is 0 Å². The summed E-state index contributed by atoms with van der Waals surface area (Å²) in [6.45, 7) is 6.17. The molecular formula is C21H23N5O. The molecule has 6 heteroatoms. The molecule has 1 heterocycles. The van der Waals surface area contributed by atoms with Gasteiger partial charge in [-0.25, -0.2) is 4.98 Å². The number of carbonyl (C=O) groups is 1. The molecule has 0 aliphatic heterocycles. The van der Waals surface area contributed by atoms with Gasteiger partial charge in [-0.3, -0.25) is 4.79 Å². The minimum atomic E-state index is -0.110. The summed E-state index contributed by atoms with van der Waals surface area (Å²) in [5, 5.41) is 9.29. The Morgan fingerprint density at radius 3 is 2.44 bits per heavy atom. The maximum absolute atomic E-state index is 11.2. The fourth-order valence-corrected chi connectivity index (χ4v) is 2.62. The minimum Gasteiger partial charge on any atom is -0.366 e. The topological polar surface area (TPSA) is 78.9 Å². The number of nitrogens with zero attached hydrogens (tertiary/aromatic N) is 2. The van der Waals surface area contributed by atoms with E-state index in [1.165, 1.54) is 18.1 Å². The molecule has 0 spiro atoms. The summed E-state index contributed by atoms with van der Waals surface area (Å²) in [4.78, 5) is 20.2. The van der Waals surface area contributed by atoms with Crippen molar-refractivity contribution in [2.45, 2.75) is 27.3 Å². The third-order valence-electron chi connectivity index (χ3n) is 3.89. The van der Waals surface area contributed by atoms with Crippen LogP contribution in [0.3, 0.4) is 0 Å². The lowest BCUT2D eigenvalue weighted by molar-refractivity contribution is -0.114. The number of rotatable bonds is 6. The first-order valence-electron chi connectivity index (χ1n) is 8.78. The summed E-state index contributed by atoms with van der Waals surface area (Å²) < 4.78 is 0. The molecule has 1 aromatic heterocycles. The molecule has 0 bridgehead atoms. The van der Waals surface area contributed by atoms with E-state index in [4.69, 9.17) is 0 Å². The molecule has 27 heavy (non-hydrogen) atoms. The molecule has 0 saturated carbocycles. The van der Waals surface area contributed by atoms with Gasteiger partial charge in [-0.2, -0.15) is 4.98 Å². The largest absolute Gasteiger partial charge is 0.366 e. The highest BCUT2D eigenvalue weighted by molar-refractivity contribution is 5.89. The van der Waals surface area contributed by atoms with Gasteiger partial charge in [-0.15, -0.1) is 0 Å². The van der Waals surface area contributed by atoms with Crippen molar-refractivity contribution in [1.82, 2.24) is 9.97 Å². The Balaban J connectivity index is 1.71. The average molecular weight is 361 g/mol. The molecule has 2 aromatic carbocycles. The lowest BCUT2D eigenvalue weighted by Crippen LogP contribution is -2.07. The molecule has 0 radical (unpaired) electrons. The molecular weight excluding hydrogens is 338 g/mol. The van der Waals surface area contributed by atoms with Gasteiger partial charge in [0.25, 0.3) is 0 Å². The number of nitrogens with one attached hydrogen (secondary N) is 3. The van der Waals surface area contributed by atoms with E-state index in [2.05, 4.69) is 57.1 Å². The molecule has 0 fully saturated rings. The van der Waals surface area contributed by atoms with Gasteiger partial charge in [0.2, 0.25) is 11.9 Å². The molecule has 0 saturated heterocycles. The highest BCUT2D eigenvalue weighted by atomic mass is 16.1. The van der Waals surface area contributed by atoms with Crippen molar-refractivity contribution >= 4 is 29.0 Å². The first-order valence-corrected chi connectivity index (χ1v) is 8.78. The molecule has 3 N–H and O–H groups in total. The Bertz CT molecular complexity index is 938. The standard InChI is InChI=1S/C21H23N5O/c1-14-7-9-17(10-8-14)13-22-20-11-15(2)23-21(26-20)25-19-6-4-5-18(12-19)24-16(3)27/h4-12H,13H2,1-3H3,(H,24,27)(H2,22,23,25,26). The van der Waals surface area contributed by atoms with Gasteiger partial charge in [-0.05, 0) is 37.6 Å². The number of hydrogen-bond acceptors (Lipinski definition) is 5. The van der Waals surface area contributed by atoms with Crippen molar-refractivity contribution in [3.05, 3.63) is 71.4 Å². The first-order chi connectivity index (χ1) is 13.0. The van der Waals surface area contributed by atoms with Crippen LogP contribution < -0.4 is 16.0 Å². The van der Waals surface area contributed by atoms with Gasteiger partial charge < -0.3 is 16.0 Å². The third-order valence-corrected chi connectivity index (χ3v) is 3.89. The molecule has 3 rings (SSSR count). The van der Waals surface area contributed by atoms with Crippen LogP contribution in [0.1, 0.15) is 23.7 Å². The number of carbonyl (C=O) groups excluding carboxylic acids is 1. The number of aromatic nitrogens is 2. The summed E-state index contributed by atoms with van der Waals surface area (Å²) in [6.07, 6.45) is 0. The Kier molecular flexibility index (Phi) is 5.66. The van der Waals surface area contributed by atoms with E-state index in [-0.39, 0.29) is 5.91 Å². The quantitative estimate of drug-likeness (QED) is 0.606. The van der Waals surface area contributed by atoms with Crippen LogP contribution in [0.4, 0.5) is 23.1 Å². The predicted octanol–water partition coefficient (Wildman–Crippen LogP) is 4.41. The molecule has 138 valence electrons. The summed E-state index contributed by atoms with van der Waals surface area (Å²) in [5.41, 5.74) is 4.81. The number of amides is 1.